The molecule has 0 aliphatic carbocycles. The van der Waals surface area contributed by atoms with Gasteiger partial charge in [-0.05, 0) is 55.3 Å². The van der Waals surface area contributed by atoms with Gasteiger partial charge in [-0.3, -0.25) is 0 Å². The Bertz CT molecular complexity index is 544. The van der Waals surface area contributed by atoms with E-state index in [2.05, 4.69) is 0 Å². The van der Waals surface area contributed by atoms with E-state index in [9.17, 15) is 8.78 Å². The zero-order chi connectivity index (χ0) is 13.1. The molecular formula is C15H14F2O. The van der Waals surface area contributed by atoms with Crippen LogP contribution in [0.2, 0.25) is 0 Å². The Hall–Kier alpha value is -1.90. The Morgan fingerprint density at radius 1 is 0.944 bits per heavy atom. The molecule has 0 atom stereocenters. The highest BCUT2D eigenvalue weighted by Gasteiger charge is 2.05. The van der Waals surface area contributed by atoms with Crippen LogP contribution in [0.4, 0.5) is 8.78 Å². The molecule has 18 heavy (non-hydrogen) atoms. The minimum Gasteiger partial charge on any atom is -0.489 e. The third-order valence-corrected chi connectivity index (χ3v) is 2.60. The van der Waals surface area contributed by atoms with Crippen molar-refractivity contribution in [2.75, 3.05) is 0 Å². The maximum absolute atomic E-state index is 13.4. The summed E-state index contributed by atoms with van der Waals surface area (Å²) < 4.78 is 31.8. The van der Waals surface area contributed by atoms with Crippen LogP contribution in [0.5, 0.6) is 5.75 Å². The predicted molar refractivity (Wildman–Crippen MR) is 66.6 cm³/mol. The highest BCUT2D eigenvalue weighted by atomic mass is 19.1. The van der Waals surface area contributed by atoms with Crippen molar-refractivity contribution in [1.29, 1.82) is 0 Å². The lowest BCUT2D eigenvalue weighted by atomic mass is 10.1. The molecule has 0 aliphatic heterocycles. The Morgan fingerprint density at radius 2 is 1.61 bits per heavy atom. The van der Waals surface area contributed by atoms with Crippen LogP contribution in [0.3, 0.4) is 0 Å². The Kier molecular flexibility index (Phi) is 3.60. The molecule has 0 saturated carbocycles. The summed E-state index contributed by atoms with van der Waals surface area (Å²) in [5, 5.41) is 0. The van der Waals surface area contributed by atoms with Crippen LogP contribution in [0.25, 0.3) is 0 Å². The molecule has 0 spiro atoms. The summed E-state index contributed by atoms with van der Waals surface area (Å²) in [6.45, 7) is 3.94. The van der Waals surface area contributed by atoms with Gasteiger partial charge in [0.2, 0.25) is 0 Å². The van der Waals surface area contributed by atoms with Crippen LogP contribution < -0.4 is 4.74 Å². The van der Waals surface area contributed by atoms with Gasteiger partial charge >= 0.3 is 0 Å². The molecule has 0 saturated heterocycles. The number of hydrogen-bond donors (Lipinski definition) is 0. The molecule has 94 valence electrons. The Labute approximate surface area is 105 Å². The molecule has 0 amide bonds. The van der Waals surface area contributed by atoms with Gasteiger partial charge in [0.05, 0.1) is 0 Å². The lowest BCUT2D eigenvalue weighted by Gasteiger charge is -2.09. The lowest BCUT2D eigenvalue weighted by molar-refractivity contribution is 0.298. The zero-order valence-corrected chi connectivity index (χ0v) is 10.3. The molecule has 0 unspecified atom stereocenters. The van der Waals surface area contributed by atoms with Crippen molar-refractivity contribution in [3.63, 3.8) is 0 Å². The van der Waals surface area contributed by atoms with E-state index in [0.29, 0.717) is 5.75 Å². The molecule has 0 aromatic heterocycles. The SMILES string of the molecule is Cc1cc(C)cc(OCc2cc(F)ccc2F)c1. The average Bonchev–Trinajstić information content (AvgIpc) is 2.29. The molecule has 1 nitrogen and oxygen atoms in total. The minimum absolute atomic E-state index is 0.0203. The molecule has 3 heteroatoms. The van der Waals surface area contributed by atoms with Crippen LogP contribution in [0.15, 0.2) is 36.4 Å². The van der Waals surface area contributed by atoms with Gasteiger partial charge in [0.1, 0.15) is 24.0 Å². The fourth-order valence-corrected chi connectivity index (χ4v) is 1.83. The first kappa shape index (κ1) is 12.6. The van der Waals surface area contributed by atoms with E-state index in [0.717, 1.165) is 29.3 Å². The summed E-state index contributed by atoms with van der Waals surface area (Å²) in [5.41, 5.74) is 2.36. The van der Waals surface area contributed by atoms with Gasteiger partial charge in [0.25, 0.3) is 0 Å². The highest BCUT2D eigenvalue weighted by molar-refractivity contribution is 5.33. The van der Waals surface area contributed by atoms with Gasteiger partial charge in [0, 0.05) is 5.56 Å². The minimum atomic E-state index is -0.463. The summed E-state index contributed by atoms with van der Waals surface area (Å²) in [5.74, 6) is -0.257. The van der Waals surface area contributed by atoms with Gasteiger partial charge in [-0.1, -0.05) is 6.07 Å². The highest BCUT2D eigenvalue weighted by Crippen LogP contribution is 2.18. The number of benzene rings is 2. The molecule has 0 bridgehead atoms. The second-order valence-corrected chi connectivity index (χ2v) is 4.35. The van der Waals surface area contributed by atoms with Gasteiger partial charge in [-0.25, -0.2) is 8.78 Å². The van der Waals surface area contributed by atoms with Crippen LogP contribution in [0.1, 0.15) is 16.7 Å². The summed E-state index contributed by atoms with van der Waals surface area (Å²) >= 11 is 0. The molecular weight excluding hydrogens is 234 g/mol. The van der Waals surface area contributed by atoms with E-state index in [1.165, 1.54) is 0 Å². The molecule has 2 aromatic rings. The molecule has 0 aliphatic rings. The topological polar surface area (TPSA) is 9.23 Å². The van der Waals surface area contributed by atoms with Gasteiger partial charge < -0.3 is 4.74 Å². The summed E-state index contributed by atoms with van der Waals surface area (Å²) in [4.78, 5) is 0. The lowest BCUT2D eigenvalue weighted by Crippen LogP contribution is -1.99. The van der Waals surface area contributed by atoms with Crippen LogP contribution in [-0.2, 0) is 6.61 Å². The van der Waals surface area contributed by atoms with Gasteiger partial charge in [-0.15, -0.1) is 0 Å². The summed E-state index contributed by atoms with van der Waals surface area (Å²) in [6.07, 6.45) is 0. The van der Waals surface area contributed by atoms with Crippen molar-refractivity contribution in [2.24, 2.45) is 0 Å². The standard InChI is InChI=1S/C15H14F2O/c1-10-5-11(2)7-14(6-10)18-9-12-8-13(16)3-4-15(12)17/h3-8H,9H2,1-2H3. The number of rotatable bonds is 3. The van der Waals surface area contributed by atoms with Crippen molar-refractivity contribution in [3.05, 3.63) is 64.7 Å². The fraction of sp³-hybridized carbons (Fsp3) is 0.200. The zero-order valence-electron chi connectivity index (χ0n) is 10.3. The van der Waals surface area contributed by atoms with E-state index < -0.39 is 11.6 Å². The van der Waals surface area contributed by atoms with E-state index in [1.54, 1.807) is 0 Å². The predicted octanol–water partition coefficient (Wildman–Crippen LogP) is 4.16. The van der Waals surface area contributed by atoms with E-state index in [-0.39, 0.29) is 12.2 Å². The van der Waals surface area contributed by atoms with E-state index in [4.69, 9.17) is 4.74 Å². The Morgan fingerprint density at radius 3 is 2.28 bits per heavy atom. The van der Waals surface area contributed by atoms with Crippen LogP contribution >= 0.6 is 0 Å². The molecule has 2 aromatic carbocycles. The van der Waals surface area contributed by atoms with E-state index in [1.807, 2.05) is 32.0 Å². The normalized spacial score (nSPS) is 10.4. The molecule has 0 radical (unpaired) electrons. The van der Waals surface area contributed by atoms with Crippen molar-refractivity contribution < 1.29 is 13.5 Å². The number of halogens is 2. The number of hydrogen-bond acceptors (Lipinski definition) is 1. The summed E-state index contributed by atoms with van der Waals surface area (Å²) in [6, 6.07) is 9.10. The monoisotopic (exact) mass is 248 g/mol. The molecule has 0 N–H and O–H groups in total. The second kappa shape index (κ2) is 5.17. The third-order valence-electron chi connectivity index (χ3n) is 2.60. The quantitative estimate of drug-likeness (QED) is 0.792. The number of aryl methyl sites for hydroxylation is 2. The average molecular weight is 248 g/mol. The van der Waals surface area contributed by atoms with Crippen LogP contribution in [0, 0.1) is 25.5 Å². The third kappa shape index (κ3) is 3.06. The largest absolute Gasteiger partial charge is 0.489 e. The van der Waals surface area contributed by atoms with Crippen molar-refractivity contribution in [1.82, 2.24) is 0 Å². The molecule has 0 fully saturated rings. The number of ether oxygens (including phenoxy) is 1. The summed E-state index contributed by atoms with van der Waals surface area (Å²) in [7, 11) is 0. The second-order valence-electron chi connectivity index (χ2n) is 4.35. The first-order chi connectivity index (χ1) is 8.54. The Balaban J connectivity index is 2.13. The van der Waals surface area contributed by atoms with Crippen molar-refractivity contribution >= 4 is 0 Å². The van der Waals surface area contributed by atoms with Crippen molar-refractivity contribution in [3.8, 4) is 5.75 Å². The van der Waals surface area contributed by atoms with Crippen LogP contribution in [-0.4, -0.2) is 0 Å². The van der Waals surface area contributed by atoms with E-state index >= 15 is 0 Å². The maximum atomic E-state index is 13.4. The fourth-order valence-electron chi connectivity index (χ4n) is 1.83. The van der Waals surface area contributed by atoms with Gasteiger partial charge in [-0.2, -0.15) is 0 Å². The first-order valence-corrected chi connectivity index (χ1v) is 5.69. The molecule has 0 heterocycles. The first-order valence-electron chi connectivity index (χ1n) is 5.69. The smallest absolute Gasteiger partial charge is 0.130 e. The maximum Gasteiger partial charge on any atom is 0.130 e. The van der Waals surface area contributed by atoms with Gasteiger partial charge in [0.15, 0.2) is 0 Å². The van der Waals surface area contributed by atoms with Crippen molar-refractivity contribution in [2.45, 2.75) is 20.5 Å². The molecule has 2 rings (SSSR count).